The van der Waals surface area contributed by atoms with Crippen LogP contribution in [-0.4, -0.2) is 19.7 Å². The monoisotopic (exact) mass is 261 g/mol. The number of anilines is 1. The molecule has 0 amide bonds. The molecule has 0 aliphatic rings. The first-order chi connectivity index (χ1) is 8.70. The van der Waals surface area contributed by atoms with Crippen LogP contribution < -0.4 is 5.73 Å². The second kappa shape index (κ2) is 4.03. The molecule has 0 aliphatic heterocycles. The molecule has 0 spiro atoms. The summed E-state index contributed by atoms with van der Waals surface area (Å²) in [6.45, 7) is 2.85. The number of imidazole rings is 1. The van der Waals surface area contributed by atoms with E-state index in [9.17, 15) is 0 Å². The molecule has 92 valence electrons. The molecule has 18 heavy (non-hydrogen) atoms. The van der Waals surface area contributed by atoms with Crippen LogP contribution in [0.5, 0.6) is 0 Å². The third kappa shape index (κ3) is 1.55. The summed E-state index contributed by atoms with van der Waals surface area (Å²) in [4.78, 5) is 4.59. The number of halogens is 1. The highest BCUT2D eigenvalue weighted by atomic mass is 35.5. The van der Waals surface area contributed by atoms with Crippen LogP contribution >= 0.6 is 11.6 Å². The van der Waals surface area contributed by atoms with Crippen molar-refractivity contribution < 1.29 is 0 Å². The zero-order chi connectivity index (χ0) is 12.7. The molecule has 0 bridgehead atoms. The normalized spacial score (nSPS) is 11.2. The van der Waals surface area contributed by atoms with Gasteiger partial charge in [0.05, 0.1) is 22.8 Å². The molecule has 3 N–H and O–H groups in total. The number of aromatic amines is 1. The minimum absolute atomic E-state index is 0.520. The number of aryl methyl sites for hydroxylation is 1. The average molecular weight is 262 g/mol. The molecular weight excluding hydrogens is 250 g/mol. The largest absolute Gasteiger partial charge is 0.383 e. The first-order valence-corrected chi connectivity index (χ1v) is 6.03. The molecule has 2 heterocycles. The van der Waals surface area contributed by atoms with Crippen molar-refractivity contribution in [2.24, 2.45) is 0 Å². The molecule has 3 rings (SSSR count). The van der Waals surface area contributed by atoms with Gasteiger partial charge in [0.1, 0.15) is 11.6 Å². The van der Waals surface area contributed by atoms with Crippen LogP contribution in [0.25, 0.3) is 22.4 Å². The van der Waals surface area contributed by atoms with Gasteiger partial charge in [0.25, 0.3) is 0 Å². The van der Waals surface area contributed by atoms with Crippen molar-refractivity contribution in [3.8, 4) is 11.4 Å². The minimum Gasteiger partial charge on any atom is -0.383 e. The van der Waals surface area contributed by atoms with Gasteiger partial charge in [0.15, 0.2) is 0 Å². The van der Waals surface area contributed by atoms with E-state index in [0.717, 1.165) is 29.0 Å². The van der Waals surface area contributed by atoms with Crippen molar-refractivity contribution >= 4 is 28.5 Å². The molecule has 3 aromatic rings. The van der Waals surface area contributed by atoms with Gasteiger partial charge in [-0.05, 0) is 25.1 Å². The Morgan fingerprint density at radius 1 is 1.44 bits per heavy atom. The number of hydrogen-bond donors (Lipinski definition) is 2. The van der Waals surface area contributed by atoms with Gasteiger partial charge in [-0.3, -0.25) is 5.10 Å². The zero-order valence-corrected chi connectivity index (χ0v) is 10.6. The van der Waals surface area contributed by atoms with Crippen molar-refractivity contribution in [2.75, 3.05) is 5.73 Å². The second-order valence-corrected chi connectivity index (χ2v) is 4.45. The van der Waals surface area contributed by atoms with Gasteiger partial charge < -0.3 is 10.3 Å². The highest BCUT2D eigenvalue weighted by Crippen LogP contribution is 2.28. The van der Waals surface area contributed by atoms with E-state index >= 15 is 0 Å². The highest BCUT2D eigenvalue weighted by Gasteiger charge is 2.15. The number of aromatic nitrogens is 4. The first kappa shape index (κ1) is 11.1. The number of nitrogen functional groups attached to an aromatic ring is 1. The van der Waals surface area contributed by atoms with E-state index in [0.29, 0.717) is 10.8 Å². The predicted molar refractivity (Wildman–Crippen MR) is 72.4 cm³/mol. The quantitative estimate of drug-likeness (QED) is 0.745. The number of fused-ring (bicyclic) bond motifs is 1. The molecule has 5 nitrogen and oxygen atoms in total. The van der Waals surface area contributed by atoms with Gasteiger partial charge >= 0.3 is 0 Å². The summed E-state index contributed by atoms with van der Waals surface area (Å²) in [5.74, 6) is 1.33. The Morgan fingerprint density at radius 3 is 2.94 bits per heavy atom. The summed E-state index contributed by atoms with van der Waals surface area (Å²) in [5, 5.41) is 7.35. The highest BCUT2D eigenvalue weighted by molar-refractivity contribution is 6.31. The Labute approximate surface area is 109 Å². The number of nitrogens with zero attached hydrogens (tertiary/aromatic N) is 3. The zero-order valence-electron chi connectivity index (χ0n) is 9.81. The van der Waals surface area contributed by atoms with Crippen LogP contribution in [0.2, 0.25) is 5.02 Å². The van der Waals surface area contributed by atoms with E-state index in [1.54, 1.807) is 6.20 Å². The third-order valence-corrected chi connectivity index (χ3v) is 3.17. The van der Waals surface area contributed by atoms with Crippen molar-refractivity contribution in [2.45, 2.75) is 13.5 Å². The molecule has 6 heteroatoms. The summed E-state index contributed by atoms with van der Waals surface area (Å²) in [7, 11) is 0. The van der Waals surface area contributed by atoms with E-state index in [1.165, 1.54) is 0 Å². The lowest BCUT2D eigenvalue weighted by atomic mass is 10.3. The van der Waals surface area contributed by atoms with Crippen LogP contribution in [-0.2, 0) is 6.54 Å². The van der Waals surface area contributed by atoms with E-state index in [-0.39, 0.29) is 0 Å². The first-order valence-electron chi connectivity index (χ1n) is 5.65. The summed E-state index contributed by atoms with van der Waals surface area (Å²) in [6.07, 6.45) is 1.68. The molecule has 0 fully saturated rings. The Balaban J connectivity index is 2.33. The molecule has 0 saturated heterocycles. The Kier molecular flexibility index (Phi) is 2.48. The van der Waals surface area contributed by atoms with E-state index < -0.39 is 0 Å². The molecule has 0 saturated carbocycles. The van der Waals surface area contributed by atoms with Crippen LogP contribution in [0.1, 0.15) is 6.92 Å². The van der Waals surface area contributed by atoms with Crippen molar-refractivity contribution in [3.63, 3.8) is 0 Å². The van der Waals surface area contributed by atoms with Crippen LogP contribution in [0.15, 0.2) is 24.4 Å². The molecule has 0 radical (unpaired) electrons. The Morgan fingerprint density at radius 2 is 2.28 bits per heavy atom. The number of nitrogens with one attached hydrogen (secondary N) is 1. The number of benzene rings is 1. The fourth-order valence-corrected chi connectivity index (χ4v) is 2.26. The second-order valence-electron chi connectivity index (χ2n) is 4.01. The van der Waals surface area contributed by atoms with Crippen molar-refractivity contribution in [1.82, 2.24) is 19.7 Å². The lowest BCUT2D eigenvalue weighted by molar-refractivity contribution is 0.797. The number of H-pyrrole nitrogens is 1. The standard InChI is InChI=1S/C12H12ClN5/c1-2-18-10-5-7(13)3-4-9(10)16-12(18)8-6-15-17-11(8)14/h3-6H,2H2,1H3,(H3,14,15,17). The Hall–Kier alpha value is -2.01. The maximum Gasteiger partial charge on any atom is 0.146 e. The molecular formula is C12H12ClN5. The van der Waals surface area contributed by atoms with Gasteiger partial charge in [-0.1, -0.05) is 11.6 Å². The van der Waals surface area contributed by atoms with Gasteiger partial charge in [-0.2, -0.15) is 5.10 Å². The van der Waals surface area contributed by atoms with Gasteiger partial charge in [0.2, 0.25) is 0 Å². The van der Waals surface area contributed by atoms with E-state index in [2.05, 4.69) is 26.7 Å². The summed E-state index contributed by atoms with van der Waals surface area (Å²) >= 11 is 6.03. The lowest BCUT2D eigenvalue weighted by Gasteiger charge is -2.04. The fraction of sp³-hybridized carbons (Fsp3) is 0.167. The molecule has 0 atom stereocenters. The topological polar surface area (TPSA) is 72.5 Å². The number of nitrogens with two attached hydrogens (primary N) is 1. The fourth-order valence-electron chi connectivity index (χ4n) is 2.10. The maximum absolute atomic E-state index is 6.03. The van der Waals surface area contributed by atoms with E-state index in [4.69, 9.17) is 17.3 Å². The summed E-state index contributed by atoms with van der Waals surface area (Å²) in [6, 6.07) is 5.65. The lowest BCUT2D eigenvalue weighted by Crippen LogP contribution is -1.98. The van der Waals surface area contributed by atoms with E-state index in [1.807, 2.05) is 18.2 Å². The summed E-state index contributed by atoms with van der Waals surface area (Å²) < 4.78 is 2.07. The van der Waals surface area contributed by atoms with Crippen molar-refractivity contribution in [3.05, 3.63) is 29.4 Å². The Bertz CT molecular complexity index is 712. The van der Waals surface area contributed by atoms with Gasteiger partial charge in [0, 0.05) is 11.6 Å². The van der Waals surface area contributed by atoms with Gasteiger partial charge in [-0.15, -0.1) is 0 Å². The van der Waals surface area contributed by atoms with Crippen molar-refractivity contribution in [1.29, 1.82) is 0 Å². The maximum atomic E-state index is 6.03. The van der Waals surface area contributed by atoms with Crippen LogP contribution in [0.4, 0.5) is 5.82 Å². The SMILES string of the molecule is CCn1c(-c2cn[nH]c2N)nc2ccc(Cl)cc21. The van der Waals surface area contributed by atoms with Gasteiger partial charge in [-0.25, -0.2) is 4.98 Å². The van der Waals surface area contributed by atoms with Crippen LogP contribution in [0.3, 0.4) is 0 Å². The molecule has 2 aromatic heterocycles. The minimum atomic E-state index is 0.520. The molecule has 0 aliphatic carbocycles. The molecule has 0 unspecified atom stereocenters. The average Bonchev–Trinajstić information content (AvgIpc) is 2.91. The number of rotatable bonds is 2. The van der Waals surface area contributed by atoms with Crippen LogP contribution in [0, 0.1) is 0 Å². The third-order valence-electron chi connectivity index (χ3n) is 2.94. The summed E-state index contributed by atoms with van der Waals surface area (Å²) in [5.41, 5.74) is 8.56. The predicted octanol–water partition coefficient (Wildman–Crippen LogP) is 2.68. The number of hydrogen-bond acceptors (Lipinski definition) is 3. The smallest absolute Gasteiger partial charge is 0.146 e. The molecule has 1 aromatic carbocycles.